The number of rotatable bonds is 4. The first-order chi connectivity index (χ1) is 11.6. The average Bonchev–Trinajstić information content (AvgIpc) is 3.28. The SMILES string of the molecule is Cc1ccc(C(=O)N(C)C2CCNC2)cc1NC(=O)c1ccco1.Cl. The molecule has 2 N–H and O–H groups in total. The van der Waals surface area contributed by atoms with Gasteiger partial charge in [0.1, 0.15) is 0 Å². The molecule has 0 aliphatic carbocycles. The quantitative estimate of drug-likeness (QED) is 0.875. The van der Waals surface area contributed by atoms with Gasteiger partial charge < -0.3 is 20.0 Å². The number of nitrogens with zero attached hydrogens (tertiary/aromatic N) is 1. The fourth-order valence-corrected chi connectivity index (χ4v) is 2.82. The van der Waals surface area contributed by atoms with Crippen LogP contribution in [0, 0.1) is 6.92 Å². The number of carbonyl (C=O) groups is 2. The van der Waals surface area contributed by atoms with Crippen molar-refractivity contribution in [3.05, 3.63) is 53.5 Å². The molecule has 1 aliphatic heterocycles. The highest BCUT2D eigenvalue weighted by Gasteiger charge is 2.24. The van der Waals surface area contributed by atoms with Crippen molar-refractivity contribution >= 4 is 29.9 Å². The Morgan fingerprint density at radius 2 is 2.12 bits per heavy atom. The van der Waals surface area contributed by atoms with Crippen LogP contribution in [0.4, 0.5) is 5.69 Å². The molecule has 25 heavy (non-hydrogen) atoms. The Kier molecular flexibility index (Phi) is 6.22. The van der Waals surface area contributed by atoms with E-state index in [1.54, 1.807) is 29.2 Å². The lowest BCUT2D eigenvalue weighted by Crippen LogP contribution is -2.38. The van der Waals surface area contributed by atoms with Gasteiger partial charge in [0.05, 0.1) is 6.26 Å². The summed E-state index contributed by atoms with van der Waals surface area (Å²) in [5.41, 5.74) is 2.06. The van der Waals surface area contributed by atoms with Gasteiger partial charge in [0.15, 0.2) is 5.76 Å². The van der Waals surface area contributed by atoms with Gasteiger partial charge in [-0.1, -0.05) is 6.07 Å². The van der Waals surface area contributed by atoms with Crippen molar-refractivity contribution in [2.75, 3.05) is 25.5 Å². The Morgan fingerprint density at radius 1 is 1.32 bits per heavy atom. The van der Waals surface area contributed by atoms with Crippen molar-refractivity contribution in [1.29, 1.82) is 0 Å². The molecule has 6 nitrogen and oxygen atoms in total. The van der Waals surface area contributed by atoms with E-state index in [-0.39, 0.29) is 36.0 Å². The number of hydrogen-bond donors (Lipinski definition) is 2. The third kappa shape index (κ3) is 4.21. The van der Waals surface area contributed by atoms with Crippen LogP contribution < -0.4 is 10.6 Å². The minimum absolute atomic E-state index is 0. The number of anilines is 1. The van der Waals surface area contributed by atoms with E-state index in [9.17, 15) is 9.59 Å². The summed E-state index contributed by atoms with van der Waals surface area (Å²) in [7, 11) is 1.82. The zero-order valence-electron chi connectivity index (χ0n) is 14.2. The van der Waals surface area contributed by atoms with Crippen molar-refractivity contribution in [1.82, 2.24) is 10.2 Å². The summed E-state index contributed by atoms with van der Waals surface area (Å²) in [5.74, 6) is -0.140. The minimum atomic E-state index is -0.332. The van der Waals surface area contributed by atoms with Crippen LogP contribution in [0.5, 0.6) is 0 Å². The molecule has 0 radical (unpaired) electrons. The van der Waals surface area contributed by atoms with Crippen molar-refractivity contribution in [2.45, 2.75) is 19.4 Å². The number of nitrogens with one attached hydrogen (secondary N) is 2. The number of furan rings is 1. The second kappa shape index (κ2) is 8.18. The van der Waals surface area contributed by atoms with Crippen molar-refractivity contribution in [2.24, 2.45) is 0 Å². The fraction of sp³-hybridized carbons (Fsp3) is 0.333. The van der Waals surface area contributed by atoms with E-state index in [0.29, 0.717) is 11.3 Å². The van der Waals surface area contributed by atoms with Crippen LogP contribution in [0.3, 0.4) is 0 Å². The van der Waals surface area contributed by atoms with Crippen molar-refractivity contribution in [3.8, 4) is 0 Å². The first-order valence-electron chi connectivity index (χ1n) is 7.99. The normalized spacial score (nSPS) is 16.2. The van der Waals surface area contributed by atoms with Gasteiger partial charge >= 0.3 is 0 Å². The molecule has 0 bridgehead atoms. The zero-order chi connectivity index (χ0) is 17.1. The standard InChI is InChI=1S/C18H21N3O3.ClH/c1-12-5-6-13(18(23)21(2)14-7-8-19-11-14)10-15(12)20-17(22)16-4-3-9-24-16;/h3-6,9-10,14,19H,7-8,11H2,1-2H3,(H,20,22);1H. The third-order valence-electron chi connectivity index (χ3n) is 4.38. The second-order valence-corrected chi connectivity index (χ2v) is 6.02. The van der Waals surface area contributed by atoms with Gasteiger partial charge in [-0.25, -0.2) is 0 Å². The Labute approximate surface area is 153 Å². The molecule has 1 saturated heterocycles. The van der Waals surface area contributed by atoms with Gasteiger partial charge in [0, 0.05) is 30.9 Å². The summed E-state index contributed by atoms with van der Waals surface area (Å²) in [4.78, 5) is 26.6. The van der Waals surface area contributed by atoms with Crippen LogP contribution in [0.15, 0.2) is 41.0 Å². The maximum absolute atomic E-state index is 12.7. The number of halogens is 1. The number of benzene rings is 1. The summed E-state index contributed by atoms with van der Waals surface area (Å²) in [6, 6.07) is 8.81. The van der Waals surface area contributed by atoms with Gasteiger partial charge in [-0.2, -0.15) is 0 Å². The lowest BCUT2D eigenvalue weighted by molar-refractivity contribution is 0.0743. The highest BCUT2D eigenvalue weighted by atomic mass is 35.5. The molecule has 134 valence electrons. The summed E-state index contributed by atoms with van der Waals surface area (Å²) >= 11 is 0. The van der Waals surface area contributed by atoms with Crippen LogP contribution in [0.2, 0.25) is 0 Å². The van der Waals surface area contributed by atoms with Gasteiger partial charge in [0.2, 0.25) is 0 Å². The van der Waals surface area contributed by atoms with E-state index in [2.05, 4.69) is 10.6 Å². The van der Waals surface area contributed by atoms with Crippen LogP contribution in [-0.2, 0) is 0 Å². The largest absolute Gasteiger partial charge is 0.459 e. The molecule has 1 fully saturated rings. The molecule has 7 heteroatoms. The molecule has 1 atom stereocenters. The predicted octanol–water partition coefficient (Wildman–Crippen LogP) is 2.70. The molecule has 1 unspecified atom stereocenters. The number of hydrogen-bond acceptors (Lipinski definition) is 4. The minimum Gasteiger partial charge on any atom is -0.459 e. The van der Waals surface area contributed by atoms with Crippen molar-refractivity contribution < 1.29 is 14.0 Å². The lowest BCUT2D eigenvalue weighted by Gasteiger charge is -2.24. The van der Waals surface area contributed by atoms with Gasteiger partial charge in [-0.05, 0) is 49.7 Å². The van der Waals surface area contributed by atoms with Crippen LogP contribution >= 0.6 is 12.4 Å². The summed E-state index contributed by atoms with van der Waals surface area (Å²) in [6.45, 7) is 3.63. The van der Waals surface area contributed by atoms with E-state index < -0.39 is 0 Å². The summed E-state index contributed by atoms with van der Waals surface area (Å²) in [5, 5.41) is 6.06. The van der Waals surface area contributed by atoms with Gasteiger partial charge in [-0.3, -0.25) is 9.59 Å². The second-order valence-electron chi connectivity index (χ2n) is 6.02. The summed E-state index contributed by atoms with van der Waals surface area (Å²) < 4.78 is 5.10. The fourth-order valence-electron chi connectivity index (χ4n) is 2.82. The van der Waals surface area contributed by atoms with E-state index in [4.69, 9.17) is 4.42 Å². The first-order valence-corrected chi connectivity index (χ1v) is 7.99. The molecule has 1 aliphatic rings. The monoisotopic (exact) mass is 363 g/mol. The van der Waals surface area contributed by atoms with Crippen LogP contribution in [0.25, 0.3) is 0 Å². The summed E-state index contributed by atoms with van der Waals surface area (Å²) in [6.07, 6.45) is 2.41. The molecular weight excluding hydrogens is 342 g/mol. The predicted molar refractivity (Wildman–Crippen MR) is 98.5 cm³/mol. The topological polar surface area (TPSA) is 74.6 Å². The maximum atomic E-state index is 12.7. The molecule has 2 amide bonds. The number of likely N-dealkylation sites (N-methyl/N-ethyl adjacent to an activating group) is 1. The molecule has 1 aromatic carbocycles. The van der Waals surface area contributed by atoms with E-state index in [1.807, 2.05) is 20.0 Å². The first kappa shape index (κ1) is 19.0. The van der Waals surface area contributed by atoms with Crippen LogP contribution in [-0.4, -0.2) is 42.9 Å². The molecular formula is C18H22ClN3O3. The molecule has 0 spiro atoms. The average molecular weight is 364 g/mol. The van der Waals surface area contributed by atoms with E-state index in [1.165, 1.54) is 6.26 Å². The van der Waals surface area contributed by atoms with E-state index >= 15 is 0 Å². The zero-order valence-corrected chi connectivity index (χ0v) is 15.1. The Morgan fingerprint density at radius 3 is 2.76 bits per heavy atom. The Bertz CT molecular complexity index is 740. The molecule has 3 rings (SSSR count). The molecule has 0 saturated carbocycles. The number of aryl methyl sites for hydroxylation is 1. The smallest absolute Gasteiger partial charge is 0.291 e. The number of carbonyl (C=O) groups excluding carboxylic acids is 2. The number of amides is 2. The molecule has 2 aromatic rings. The van der Waals surface area contributed by atoms with Crippen LogP contribution in [0.1, 0.15) is 32.9 Å². The Balaban J connectivity index is 0.00000225. The molecule has 2 heterocycles. The molecule has 1 aromatic heterocycles. The Hall–Kier alpha value is -2.31. The maximum Gasteiger partial charge on any atom is 0.291 e. The van der Waals surface area contributed by atoms with Gasteiger partial charge in [0.25, 0.3) is 11.8 Å². The van der Waals surface area contributed by atoms with Gasteiger partial charge in [-0.15, -0.1) is 12.4 Å². The lowest BCUT2D eigenvalue weighted by atomic mass is 10.1. The highest BCUT2D eigenvalue weighted by molar-refractivity contribution is 6.03. The van der Waals surface area contributed by atoms with E-state index in [0.717, 1.165) is 25.1 Å². The van der Waals surface area contributed by atoms with Crippen molar-refractivity contribution in [3.63, 3.8) is 0 Å². The highest BCUT2D eigenvalue weighted by Crippen LogP contribution is 2.20. The third-order valence-corrected chi connectivity index (χ3v) is 4.38.